The summed E-state index contributed by atoms with van der Waals surface area (Å²) in [6.45, 7) is 14.4. The minimum absolute atomic E-state index is 0.0981. The van der Waals surface area contributed by atoms with Gasteiger partial charge in [-0.3, -0.25) is 0 Å². The molecule has 0 aliphatic rings. The molecule has 0 unspecified atom stereocenters. The topological polar surface area (TPSA) is 201 Å². The second-order valence-electron chi connectivity index (χ2n) is 5.60. The second-order valence-corrected chi connectivity index (χ2v) is 5.60. The first-order valence-corrected chi connectivity index (χ1v) is 7.84. The summed E-state index contributed by atoms with van der Waals surface area (Å²) in [5.41, 5.74) is -2.23. The highest BCUT2D eigenvalue weighted by Crippen LogP contribution is 2.35. The van der Waals surface area contributed by atoms with E-state index >= 15 is 0 Å². The van der Waals surface area contributed by atoms with E-state index in [0.29, 0.717) is 0 Å². The number of nitro groups is 1. The summed E-state index contributed by atoms with van der Waals surface area (Å²) in [4.78, 5) is 40.8. The lowest BCUT2D eigenvalue weighted by Crippen LogP contribution is -2.04. The van der Waals surface area contributed by atoms with Crippen LogP contribution in [0.4, 0.5) is 17.5 Å². The van der Waals surface area contributed by atoms with Crippen molar-refractivity contribution < 1.29 is 4.92 Å². The van der Waals surface area contributed by atoms with E-state index in [0.717, 1.165) is 0 Å². The van der Waals surface area contributed by atoms with Gasteiger partial charge in [0, 0.05) is 0 Å². The predicted molar refractivity (Wildman–Crippen MR) is 99.1 cm³/mol. The standard InChI is InChI=1S/C17N12O2/c1-21-15-16(22-2)27-13-12(26-15)10-9(23-6(3-18)7(4-19)24-10)11-14(13)28-17(29(30)31)8(5-20)25-11. The third-order valence-corrected chi connectivity index (χ3v) is 4.01. The molecule has 0 saturated heterocycles. The monoisotopic (exact) mass is 404 g/mol. The van der Waals surface area contributed by atoms with E-state index in [9.17, 15) is 25.9 Å². The molecule has 0 spiro atoms. The van der Waals surface area contributed by atoms with Crippen LogP contribution in [-0.4, -0.2) is 34.8 Å². The molecular weight excluding hydrogens is 404 g/mol. The van der Waals surface area contributed by atoms with E-state index in [1.165, 1.54) is 0 Å². The highest BCUT2D eigenvalue weighted by atomic mass is 16.6. The molecule has 14 heteroatoms. The van der Waals surface area contributed by atoms with Crippen LogP contribution in [0.2, 0.25) is 0 Å². The maximum Gasteiger partial charge on any atom is 0.401 e. The Labute approximate surface area is 170 Å². The number of benzene rings is 1. The van der Waals surface area contributed by atoms with Gasteiger partial charge in [-0.15, -0.1) is 9.97 Å². The average Bonchev–Trinajstić information content (AvgIpc) is 2.81. The molecule has 0 aliphatic carbocycles. The van der Waals surface area contributed by atoms with E-state index in [-0.39, 0.29) is 56.1 Å². The van der Waals surface area contributed by atoms with Gasteiger partial charge in [-0.25, -0.2) is 15.0 Å². The van der Waals surface area contributed by atoms with Crippen LogP contribution in [0.5, 0.6) is 0 Å². The van der Waals surface area contributed by atoms with Crippen LogP contribution in [0.3, 0.4) is 0 Å². The van der Waals surface area contributed by atoms with Crippen LogP contribution in [0.1, 0.15) is 17.1 Å². The molecule has 3 aromatic heterocycles. The normalized spacial score (nSPS) is 10.0. The Morgan fingerprint density at radius 3 is 1.39 bits per heavy atom. The van der Waals surface area contributed by atoms with Crippen molar-refractivity contribution in [3.05, 3.63) is 50.0 Å². The van der Waals surface area contributed by atoms with Crippen LogP contribution in [0, 0.1) is 57.3 Å². The van der Waals surface area contributed by atoms with Crippen molar-refractivity contribution in [3.63, 3.8) is 0 Å². The molecule has 0 bridgehead atoms. The molecule has 4 rings (SSSR count). The SMILES string of the molecule is [C-]#[N+]c1nc2c3nc(C#N)c(C#N)nc3c3nc(C#N)c([N+](=O)[O-])nc3c2nc1[N+]#[C-]. The van der Waals surface area contributed by atoms with Gasteiger partial charge in [0.2, 0.25) is 11.2 Å². The zero-order valence-corrected chi connectivity index (χ0v) is 14.7. The lowest BCUT2D eigenvalue weighted by atomic mass is 10.1. The second kappa shape index (κ2) is 6.61. The zero-order valence-electron chi connectivity index (χ0n) is 14.7. The molecule has 140 valence electrons. The van der Waals surface area contributed by atoms with E-state index in [1.807, 2.05) is 0 Å². The molecule has 0 saturated carbocycles. The number of nitriles is 3. The molecule has 0 N–H and O–H groups in total. The smallest absolute Gasteiger partial charge is 0.370 e. The molecule has 0 aliphatic heterocycles. The number of aromatic nitrogens is 6. The summed E-state index contributed by atoms with van der Waals surface area (Å²) in [7, 11) is 0. The fourth-order valence-electron chi connectivity index (χ4n) is 2.78. The van der Waals surface area contributed by atoms with Gasteiger partial charge in [0.1, 0.15) is 34.8 Å². The van der Waals surface area contributed by atoms with Gasteiger partial charge in [-0.2, -0.15) is 15.8 Å². The molecule has 0 fully saturated rings. The first-order valence-electron chi connectivity index (χ1n) is 7.84. The minimum atomic E-state index is -0.914. The molecule has 1 aromatic carbocycles. The lowest BCUT2D eigenvalue weighted by molar-refractivity contribution is -0.389. The van der Waals surface area contributed by atoms with Crippen molar-refractivity contribution in [1.82, 2.24) is 29.9 Å². The van der Waals surface area contributed by atoms with Gasteiger partial charge in [-0.05, 0) is 9.91 Å². The van der Waals surface area contributed by atoms with Crippen LogP contribution in [0.15, 0.2) is 0 Å². The van der Waals surface area contributed by atoms with E-state index < -0.39 is 16.4 Å². The van der Waals surface area contributed by atoms with E-state index in [1.54, 1.807) is 18.2 Å². The molecular formula is C17N12O2. The van der Waals surface area contributed by atoms with Crippen LogP contribution in [0.25, 0.3) is 42.8 Å². The Hall–Kier alpha value is -5.91. The number of hydrogen-bond acceptors (Lipinski definition) is 11. The largest absolute Gasteiger partial charge is 0.401 e. The fourth-order valence-corrected chi connectivity index (χ4v) is 2.78. The number of nitrogens with zero attached hydrogens (tertiary/aromatic N) is 12. The maximum absolute atomic E-state index is 11.4. The van der Waals surface area contributed by atoms with Crippen molar-refractivity contribution in [1.29, 1.82) is 15.8 Å². The number of rotatable bonds is 1. The van der Waals surface area contributed by atoms with Gasteiger partial charge in [0.05, 0.1) is 0 Å². The Bertz CT molecular complexity index is 1670. The minimum Gasteiger partial charge on any atom is -0.370 e. The summed E-state index contributed by atoms with van der Waals surface area (Å²) in [6, 6.07) is 5.00. The zero-order chi connectivity index (χ0) is 22.3. The summed E-state index contributed by atoms with van der Waals surface area (Å²) in [5.74, 6) is -1.62. The van der Waals surface area contributed by atoms with Gasteiger partial charge in [0.25, 0.3) is 22.7 Å². The summed E-state index contributed by atoms with van der Waals surface area (Å²) in [6.07, 6.45) is 0. The Kier molecular flexibility index (Phi) is 3.93. The summed E-state index contributed by atoms with van der Waals surface area (Å²) in [5, 5.41) is 39.2. The molecule has 0 radical (unpaired) electrons. The van der Waals surface area contributed by atoms with Crippen LogP contribution in [-0.2, 0) is 0 Å². The van der Waals surface area contributed by atoms with Crippen molar-refractivity contribution in [2.45, 2.75) is 0 Å². The highest BCUT2D eigenvalue weighted by molar-refractivity contribution is 6.18. The molecule has 3 heterocycles. The first-order chi connectivity index (χ1) is 15.0. The number of fused-ring (bicyclic) bond motifs is 6. The van der Waals surface area contributed by atoms with Crippen LogP contribution >= 0.6 is 0 Å². The molecule has 0 amide bonds. The summed E-state index contributed by atoms with van der Waals surface area (Å²) < 4.78 is 0. The Morgan fingerprint density at radius 2 is 1.03 bits per heavy atom. The molecule has 0 atom stereocenters. The molecule has 4 aromatic rings. The third-order valence-electron chi connectivity index (χ3n) is 4.01. The fraction of sp³-hybridized carbons (Fsp3) is 0. The Balaban J connectivity index is 2.41. The van der Waals surface area contributed by atoms with Crippen molar-refractivity contribution in [3.8, 4) is 18.2 Å². The van der Waals surface area contributed by atoms with Gasteiger partial charge < -0.3 is 19.8 Å². The predicted octanol–water partition coefficient (Wildman–Crippen LogP) is 2.14. The summed E-state index contributed by atoms with van der Waals surface area (Å²) >= 11 is 0. The Morgan fingerprint density at radius 1 is 0.677 bits per heavy atom. The number of hydrogen-bond donors (Lipinski definition) is 0. The molecule has 31 heavy (non-hydrogen) atoms. The van der Waals surface area contributed by atoms with E-state index in [2.05, 4.69) is 39.6 Å². The molecule has 14 nitrogen and oxygen atoms in total. The lowest BCUT2D eigenvalue weighted by Gasteiger charge is -2.04. The van der Waals surface area contributed by atoms with E-state index in [4.69, 9.17) is 13.1 Å². The van der Waals surface area contributed by atoms with Crippen molar-refractivity contribution >= 4 is 50.6 Å². The van der Waals surface area contributed by atoms with Gasteiger partial charge in [-0.1, -0.05) is 13.1 Å². The average molecular weight is 404 g/mol. The first kappa shape index (κ1) is 18.5. The van der Waals surface area contributed by atoms with Crippen LogP contribution < -0.4 is 0 Å². The quantitative estimate of drug-likeness (QED) is 0.195. The highest BCUT2D eigenvalue weighted by Gasteiger charge is 2.30. The third kappa shape index (κ3) is 2.54. The maximum atomic E-state index is 11.4. The van der Waals surface area contributed by atoms with Crippen molar-refractivity contribution in [2.75, 3.05) is 0 Å². The van der Waals surface area contributed by atoms with Crippen molar-refractivity contribution in [2.24, 2.45) is 0 Å². The van der Waals surface area contributed by atoms with Gasteiger partial charge >= 0.3 is 5.82 Å². The van der Waals surface area contributed by atoms with Gasteiger partial charge in [0.15, 0.2) is 11.4 Å².